The minimum atomic E-state index is -4.46. The molecule has 2 N–H and O–H groups in total. The summed E-state index contributed by atoms with van der Waals surface area (Å²) in [5.41, 5.74) is 0. The van der Waals surface area contributed by atoms with E-state index in [0.29, 0.717) is 23.9 Å². The van der Waals surface area contributed by atoms with Crippen LogP contribution in [0, 0.1) is 0 Å². The molecule has 0 rings (SSSR count). The molecule has 0 saturated carbocycles. The molecule has 0 radical (unpaired) electrons. The van der Waals surface area contributed by atoms with Crippen molar-refractivity contribution in [3.63, 3.8) is 0 Å². The van der Waals surface area contributed by atoms with Crippen LogP contribution >= 0.6 is 7.82 Å². The van der Waals surface area contributed by atoms with E-state index in [1.165, 1.54) is 83.5 Å². The van der Waals surface area contributed by atoms with Crippen molar-refractivity contribution >= 4 is 19.7 Å². The Labute approximate surface area is 449 Å². The first-order chi connectivity index (χ1) is 35.4. The Morgan fingerprint density at radius 1 is 0.507 bits per heavy atom. The van der Waals surface area contributed by atoms with Crippen molar-refractivity contribution in [3.8, 4) is 0 Å². The molecule has 0 saturated heterocycles. The van der Waals surface area contributed by atoms with Crippen molar-refractivity contribution in [3.05, 3.63) is 97.2 Å². The summed E-state index contributed by atoms with van der Waals surface area (Å²) in [6.07, 6.45) is 69.7. The Morgan fingerprint density at radius 2 is 0.932 bits per heavy atom. The molecule has 0 aliphatic carbocycles. The molecule has 0 bridgehead atoms. The van der Waals surface area contributed by atoms with Gasteiger partial charge in [-0.2, -0.15) is 0 Å². The lowest BCUT2D eigenvalue weighted by atomic mass is 10.0. The molecule has 0 fully saturated rings. The number of phosphoric acid groups is 1. The summed E-state index contributed by atoms with van der Waals surface area (Å²) in [4.78, 5) is 37.6. The van der Waals surface area contributed by atoms with Gasteiger partial charge in [-0.05, 0) is 96.0 Å². The second-order valence-electron chi connectivity index (χ2n) is 20.8. The van der Waals surface area contributed by atoms with Crippen molar-refractivity contribution in [2.45, 2.75) is 251 Å². The van der Waals surface area contributed by atoms with Gasteiger partial charge in [-0.15, -0.1) is 0 Å². The second-order valence-corrected chi connectivity index (χ2v) is 22.3. The highest BCUT2D eigenvalue weighted by molar-refractivity contribution is 7.47. The summed E-state index contributed by atoms with van der Waals surface area (Å²) in [7, 11) is 1.46. The van der Waals surface area contributed by atoms with E-state index in [-0.39, 0.29) is 31.5 Å². The van der Waals surface area contributed by atoms with Crippen LogP contribution in [0.25, 0.3) is 0 Å². The van der Waals surface area contributed by atoms with Gasteiger partial charge in [-0.25, -0.2) is 4.57 Å². The highest BCUT2D eigenvalue weighted by Crippen LogP contribution is 2.43. The van der Waals surface area contributed by atoms with E-state index in [1.54, 1.807) is 0 Å². The van der Waals surface area contributed by atoms with Gasteiger partial charge < -0.3 is 19.4 Å². The lowest BCUT2D eigenvalue weighted by Gasteiger charge is -2.27. The van der Waals surface area contributed by atoms with Gasteiger partial charge in [0.15, 0.2) is 0 Å². The highest BCUT2D eigenvalue weighted by atomic mass is 31.2. The number of carbonyl (C=O) groups is 2. The maximum Gasteiger partial charge on any atom is 0.472 e. The van der Waals surface area contributed by atoms with Crippen LogP contribution in [-0.2, 0) is 27.9 Å². The number of nitrogens with one attached hydrogen (secondary N) is 1. The van der Waals surface area contributed by atoms with E-state index in [9.17, 15) is 19.0 Å². The molecule has 0 heterocycles. The van der Waals surface area contributed by atoms with Gasteiger partial charge in [0.05, 0.1) is 33.8 Å². The second kappa shape index (κ2) is 52.4. The maximum absolute atomic E-state index is 13.5. The van der Waals surface area contributed by atoms with Gasteiger partial charge >= 0.3 is 13.8 Å². The van der Waals surface area contributed by atoms with Crippen LogP contribution in [0.5, 0.6) is 0 Å². The standard InChI is InChI=1S/C63H111N2O7P/c1-7-10-13-16-19-22-25-28-29-30-31-32-33-34-35-38-40-43-46-49-52-55-62(66)64-60(59-71-73(68,69)70-58-57-65(4,5)6)61(54-51-48-45-42-39-36-26-23-20-17-14-11-8-2)72-63(67)56-53-50-47-44-41-37-27-24-21-18-15-12-9-3/h12,15,18-19,21-22,24,27-29,31-32,34-35,51,54,60-61H,7-11,13-14,16-17,20,23,25-26,30,33,36-50,52-53,55-59H2,1-6H3,(H-,64,66,68,69)/p+1/b15-12+,21-18+,22-19-,27-24-,29-28-,32-31-,35-34-,54-51-. The predicted octanol–water partition coefficient (Wildman–Crippen LogP) is 18.0. The molecule has 0 spiro atoms. The molecule has 3 unspecified atom stereocenters. The summed E-state index contributed by atoms with van der Waals surface area (Å²) in [6.45, 7) is 6.81. The molecule has 0 aromatic rings. The summed E-state index contributed by atoms with van der Waals surface area (Å²) in [5.74, 6) is -0.555. The zero-order valence-electron chi connectivity index (χ0n) is 47.8. The number of rotatable bonds is 52. The van der Waals surface area contributed by atoms with E-state index in [2.05, 4.69) is 111 Å². The van der Waals surface area contributed by atoms with Crippen LogP contribution in [0.1, 0.15) is 239 Å². The van der Waals surface area contributed by atoms with Crippen LogP contribution in [0.15, 0.2) is 97.2 Å². The Bertz CT molecular complexity index is 1570. The van der Waals surface area contributed by atoms with Crippen molar-refractivity contribution in [2.24, 2.45) is 0 Å². The number of esters is 1. The van der Waals surface area contributed by atoms with Crippen molar-refractivity contribution < 1.29 is 37.3 Å². The van der Waals surface area contributed by atoms with E-state index in [4.69, 9.17) is 13.8 Å². The first-order valence-electron chi connectivity index (χ1n) is 29.6. The number of likely N-dealkylation sites (N-methyl/N-ethyl adjacent to an activating group) is 1. The fourth-order valence-electron chi connectivity index (χ4n) is 7.98. The Morgan fingerprint density at radius 3 is 1.45 bits per heavy atom. The smallest absolute Gasteiger partial charge is 0.456 e. The number of allylic oxidation sites excluding steroid dienone is 15. The van der Waals surface area contributed by atoms with Gasteiger partial charge in [-0.3, -0.25) is 18.6 Å². The lowest BCUT2D eigenvalue weighted by molar-refractivity contribution is -0.870. The molecule has 420 valence electrons. The normalized spacial score (nSPS) is 14.5. The topological polar surface area (TPSA) is 111 Å². The lowest BCUT2D eigenvalue weighted by Crippen LogP contribution is -2.47. The minimum absolute atomic E-state index is 0.0279. The van der Waals surface area contributed by atoms with Gasteiger partial charge in [0.25, 0.3) is 0 Å². The zero-order chi connectivity index (χ0) is 53.6. The van der Waals surface area contributed by atoms with Crippen molar-refractivity contribution in [1.82, 2.24) is 5.32 Å². The number of phosphoric ester groups is 1. The SMILES string of the molecule is CC/C=C/C=C/C=C\CCCCCCCC(=O)OC(/C=C\CCCCCCCCCCCCC)C(COP(=O)(O)OCC[N+](C)(C)C)NC(=O)CCCCCCC/C=C\C/C=C\C/C=C\C/C=C\CCCCC. The molecule has 0 aromatic heterocycles. The van der Waals surface area contributed by atoms with Crippen LogP contribution in [0.2, 0.25) is 0 Å². The van der Waals surface area contributed by atoms with Crippen LogP contribution in [0.3, 0.4) is 0 Å². The summed E-state index contributed by atoms with van der Waals surface area (Å²) in [6, 6.07) is -0.872. The van der Waals surface area contributed by atoms with E-state index >= 15 is 0 Å². The summed E-state index contributed by atoms with van der Waals surface area (Å²) < 4.78 is 30.6. The number of hydrogen-bond acceptors (Lipinski definition) is 6. The molecular formula is C63H112N2O7P+. The molecule has 1 amide bonds. The number of carbonyl (C=O) groups excluding carboxylic acids is 2. The van der Waals surface area contributed by atoms with Gasteiger partial charge in [0.2, 0.25) is 5.91 Å². The van der Waals surface area contributed by atoms with Crippen LogP contribution in [-0.4, -0.2) is 74.3 Å². The summed E-state index contributed by atoms with van der Waals surface area (Å²) in [5, 5.41) is 3.03. The number of nitrogens with zero attached hydrogens (tertiary/aromatic N) is 1. The first-order valence-corrected chi connectivity index (χ1v) is 31.1. The number of hydrogen-bond donors (Lipinski definition) is 2. The van der Waals surface area contributed by atoms with E-state index < -0.39 is 20.0 Å². The third kappa shape index (κ3) is 53.6. The van der Waals surface area contributed by atoms with Gasteiger partial charge in [0, 0.05) is 12.8 Å². The zero-order valence-corrected chi connectivity index (χ0v) is 48.7. The average Bonchev–Trinajstić information content (AvgIpc) is 3.35. The van der Waals surface area contributed by atoms with Gasteiger partial charge in [-0.1, -0.05) is 227 Å². The Kier molecular flexibility index (Phi) is 50.2. The fourth-order valence-corrected chi connectivity index (χ4v) is 8.72. The van der Waals surface area contributed by atoms with E-state index in [0.717, 1.165) is 116 Å². The van der Waals surface area contributed by atoms with Crippen LogP contribution < -0.4 is 5.32 Å². The molecule has 0 aliphatic rings. The average molecular weight is 1040 g/mol. The molecule has 0 aromatic carbocycles. The third-order valence-corrected chi connectivity index (χ3v) is 13.6. The highest BCUT2D eigenvalue weighted by Gasteiger charge is 2.30. The van der Waals surface area contributed by atoms with E-state index in [1.807, 2.05) is 33.3 Å². The number of ether oxygens (including phenoxy) is 1. The first kappa shape index (κ1) is 69.9. The molecule has 3 atom stereocenters. The minimum Gasteiger partial charge on any atom is -0.456 e. The molecule has 9 nitrogen and oxygen atoms in total. The third-order valence-electron chi connectivity index (χ3n) is 12.6. The van der Waals surface area contributed by atoms with Crippen molar-refractivity contribution in [1.29, 1.82) is 0 Å². The molecular weight excluding hydrogens is 928 g/mol. The maximum atomic E-state index is 13.5. The fraction of sp³-hybridized carbons (Fsp3) is 0.714. The molecule has 10 heteroatoms. The van der Waals surface area contributed by atoms with Gasteiger partial charge in [0.1, 0.15) is 19.3 Å². The summed E-state index contributed by atoms with van der Waals surface area (Å²) >= 11 is 0. The predicted molar refractivity (Wildman–Crippen MR) is 314 cm³/mol. The largest absolute Gasteiger partial charge is 0.472 e. The number of amides is 1. The van der Waals surface area contributed by atoms with Crippen LogP contribution in [0.4, 0.5) is 0 Å². The monoisotopic (exact) mass is 1040 g/mol. The number of unbranched alkanes of at least 4 members (excludes halogenated alkanes) is 24. The Hall–Kier alpha value is -3.07. The molecule has 73 heavy (non-hydrogen) atoms. The quantitative estimate of drug-likeness (QED) is 0.0156. The Balaban J connectivity index is 5.37. The van der Waals surface area contributed by atoms with Crippen molar-refractivity contribution in [2.75, 3.05) is 40.9 Å². The molecule has 0 aliphatic heterocycles. The number of quaternary nitrogens is 1.